The number of rotatable bonds is 4. The second kappa shape index (κ2) is 7.21. The van der Waals surface area contributed by atoms with E-state index in [1.165, 1.54) is 29.2 Å². The monoisotopic (exact) mass is 336 g/mol. The van der Waals surface area contributed by atoms with Crippen molar-refractivity contribution in [1.29, 1.82) is 0 Å². The van der Waals surface area contributed by atoms with Crippen LogP contribution in [0.2, 0.25) is 0 Å². The first-order valence-corrected chi connectivity index (χ1v) is 7.26. The van der Waals surface area contributed by atoms with Gasteiger partial charge in [0.15, 0.2) is 6.29 Å². The Kier molecular flexibility index (Phi) is 5.54. The summed E-state index contributed by atoms with van der Waals surface area (Å²) in [6.07, 6.45) is -0.443. The highest BCUT2D eigenvalue weighted by Gasteiger charge is 2.29. The Morgan fingerprint density at radius 1 is 1.32 bits per heavy atom. The number of benzene rings is 1. The molecule has 0 spiro atoms. The van der Waals surface area contributed by atoms with Crippen LogP contribution in [0.15, 0.2) is 29.2 Å². The fourth-order valence-electron chi connectivity index (χ4n) is 1.78. The maximum atomic E-state index is 12.2. The van der Waals surface area contributed by atoms with Gasteiger partial charge in [-0.25, -0.2) is 4.79 Å². The lowest BCUT2D eigenvalue weighted by molar-refractivity contribution is -0.0518. The number of halogens is 3. The molecule has 0 saturated carbocycles. The van der Waals surface area contributed by atoms with Crippen LogP contribution in [-0.4, -0.2) is 49.5 Å². The van der Waals surface area contributed by atoms with Crippen LogP contribution in [0.5, 0.6) is 0 Å². The van der Waals surface area contributed by atoms with E-state index in [0.717, 1.165) is 0 Å². The maximum Gasteiger partial charge on any atom is 0.446 e. The van der Waals surface area contributed by atoms with Crippen molar-refractivity contribution in [2.45, 2.75) is 16.7 Å². The molecule has 0 unspecified atom stereocenters. The Balaban J connectivity index is 1.85. The normalized spacial score (nSPS) is 15.8. The van der Waals surface area contributed by atoms with Crippen LogP contribution in [0.3, 0.4) is 0 Å². The smallest absolute Gasteiger partial charge is 0.348 e. The van der Waals surface area contributed by atoms with Gasteiger partial charge in [-0.05, 0) is 36.0 Å². The molecule has 1 aromatic rings. The van der Waals surface area contributed by atoms with Crippen LogP contribution in [0.25, 0.3) is 0 Å². The van der Waals surface area contributed by atoms with Gasteiger partial charge < -0.3 is 19.7 Å². The number of urea groups is 1. The van der Waals surface area contributed by atoms with E-state index in [2.05, 4.69) is 5.32 Å². The lowest BCUT2D eigenvalue weighted by Crippen LogP contribution is -2.37. The number of alkyl halides is 3. The number of anilines is 1. The van der Waals surface area contributed by atoms with E-state index in [1.807, 2.05) is 0 Å². The zero-order valence-corrected chi connectivity index (χ0v) is 12.5. The van der Waals surface area contributed by atoms with Crippen molar-refractivity contribution in [2.75, 3.05) is 32.1 Å². The number of hydrogen-bond acceptors (Lipinski definition) is 4. The summed E-state index contributed by atoms with van der Waals surface area (Å²) in [7, 11) is 1.58. The van der Waals surface area contributed by atoms with Gasteiger partial charge in [-0.3, -0.25) is 0 Å². The van der Waals surface area contributed by atoms with Gasteiger partial charge in [0.1, 0.15) is 0 Å². The van der Waals surface area contributed by atoms with Crippen molar-refractivity contribution < 1.29 is 27.4 Å². The van der Waals surface area contributed by atoms with Gasteiger partial charge >= 0.3 is 11.5 Å². The standard InChI is InChI=1S/C13H15F3N2O3S/c1-18(8-11-20-6-7-21-11)12(19)17-9-2-4-10(5-3-9)22-13(14,15)16/h2-5,11H,6-8H2,1H3,(H,17,19). The quantitative estimate of drug-likeness (QED) is 0.859. The van der Waals surface area contributed by atoms with Gasteiger partial charge in [-0.2, -0.15) is 13.2 Å². The number of hydrogen-bond donors (Lipinski definition) is 1. The molecule has 0 radical (unpaired) electrons. The summed E-state index contributed by atoms with van der Waals surface area (Å²) in [5.74, 6) is 0. The summed E-state index contributed by atoms with van der Waals surface area (Å²) in [5.41, 5.74) is -3.91. The van der Waals surface area contributed by atoms with Crippen molar-refractivity contribution in [3.8, 4) is 0 Å². The van der Waals surface area contributed by atoms with Gasteiger partial charge in [0.25, 0.3) is 0 Å². The molecular formula is C13H15F3N2O3S. The molecule has 1 aliphatic rings. The minimum atomic E-state index is -4.33. The third-order valence-electron chi connectivity index (χ3n) is 2.80. The summed E-state index contributed by atoms with van der Waals surface area (Å²) < 4.78 is 47.1. The van der Waals surface area contributed by atoms with Crippen LogP contribution >= 0.6 is 11.8 Å². The van der Waals surface area contributed by atoms with E-state index in [9.17, 15) is 18.0 Å². The molecule has 2 amide bonds. The number of nitrogens with one attached hydrogen (secondary N) is 1. The predicted octanol–water partition coefficient (Wildman–Crippen LogP) is 3.14. The first-order chi connectivity index (χ1) is 10.3. The van der Waals surface area contributed by atoms with Gasteiger partial charge in [-0.15, -0.1) is 0 Å². The molecule has 1 aliphatic heterocycles. The fraction of sp³-hybridized carbons (Fsp3) is 0.462. The molecule has 1 saturated heterocycles. The Labute approximate surface area is 129 Å². The van der Waals surface area contributed by atoms with E-state index in [4.69, 9.17) is 9.47 Å². The fourth-order valence-corrected chi connectivity index (χ4v) is 2.32. The summed E-state index contributed by atoms with van der Waals surface area (Å²) in [6.45, 7) is 1.27. The lowest BCUT2D eigenvalue weighted by Gasteiger charge is -2.20. The number of amides is 2. The summed E-state index contributed by atoms with van der Waals surface area (Å²) in [6, 6.07) is 5.05. The van der Waals surface area contributed by atoms with Crippen molar-refractivity contribution in [3.63, 3.8) is 0 Å². The second-order valence-corrected chi connectivity index (χ2v) is 5.69. The Morgan fingerprint density at radius 3 is 2.45 bits per heavy atom. The molecule has 22 heavy (non-hydrogen) atoms. The van der Waals surface area contributed by atoms with E-state index in [1.54, 1.807) is 7.05 Å². The first-order valence-electron chi connectivity index (χ1n) is 6.44. The van der Waals surface area contributed by atoms with Crippen LogP contribution in [0.4, 0.5) is 23.7 Å². The molecule has 1 N–H and O–H groups in total. The number of ether oxygens (including phenoxy) is 2. The first kappa shape index (κ1) is 16.9. The molecule has 122 valence electrons. The molecule has 1 fully saturated rings. The molecule has 1 heterocycles. The molecule has 1 aromatic carbocycles. The molecular weight excluding hydrogens is 321 g/mol. The highest BCUT2D eigenvalue weighted by molar-refractivity contribution is 8.00. The van der Waals surface area contributed by atoms with Gasteiger partial charge in [0.2, 0.25) is 0 Å². The number of carbonyl (C=O) groups excluding carboxylic acids is 1. The molecule has 0 bridgehead atoms. The highest BCUT2D eigenvalue weighted by atomic mass is 32.2. The topological polar surface area (TPSA) is 50.8 Å². The minimum Gasteiger partial charge on any atom is -0.348 e. The van der Waals surface area contributed by atoms with E-state index < -0.39 is 17.8 Å². The van der Waals surface area contributed by atoms with Crippen LogP contribution in [0.1, 0.15) is 0 Å². The van der Waals surface area contributed by atoms with Crippen LogP contribution in [0, 0.1) is 0 Å². The summed E-state index contributed by atoms with van der Waals surface area (Å²) >= 11 is -0.200. The Hall–Kier alpha value is -1.45. The number of thioether (sulfide) groups is 1. The molecule has 5 nitrogen and oxygen atoms in total. The minimum absolute atomic E-state index is 0.0617. The largest absolute Gasteiger partial charge is 0.446 e. The predicted molar refractivity (Wildman–Crippen MR) is 75.7 cm³/mol. The van der Waals surface area contributed by atoms with Crippen molar-refractivity contribution >= 4 is 23.5 Å². The average molecular weight is 336 g/mol. The second-order valence-electron chi connectivity index (χ2n) is 4.55. The number of carbonyl (C=O) groups is 1. The number of likely N-dealkylation sites (N-methyl/N-ethyl adjacent to an activating group) is 1. The molecule has 2 rings (SSSR count). The van der Waals surface area contributed by atoms with Crippen molar-refractivity contribution in [3.05, 3.63) is 24.3 Å². The Bertz CT molecular complexity index is 504. The van der Waals surface area contributed by atoms with E-state index >= 15 is 0 Å². The van der Waals surface area contributed by atoms with Crippen LogP contribution < -0.4 is 5.32 Å². The zero-order chi connectivity index (χ0) is 16.2. The third kappa shape index (κ3) is 5.39. The number of nitrogens with zero attached hydrogens (tertiary/aromatic N) is 1. The molecule has 0 atom stereocenters. The van der Waals surface area contributed by atoms with E-state index in [-0.39, 0.29) is 23.2 Å². The average Bonchev–Trinajstić information content (AvgIpc) is 2.92. The summed E-state index contributed by atoms with van der Waals surface area (Å²) in [4.78, 5) is 13.4. The molecule has 9 heteroatoms. The van der Waals surface area contributed by atoms with Gasteiger partial charge in [-0.1, -0.05) is 0 Å². The zero-order valence-electron chi connectivity index (χ0n) is 11.7. The lowest BCUT2D eigenvalue weighted by atomic mass is 10.3. The molecule has 0 aromatic heterocycles. The summed E-state index contributed by atoms with van der Waals surface area (Å²) in [5, 5.41) is 2.59. The van der Waals surface area contributed by atoms with Gasteiger partial charge in [0.05, 0.1) is 19.8 Å². The maximum absolute atomic E-state index is 12.2. The van der Waals surface area contributed by atoms with Crippen LogP contribution in [-0.2, 0) is 9.47 Å². The van der Waals surface area contributed by atoms with Crippen molar-refractivity contribution in [2.24, 2.45) is 0 Å². The van der Waals surface area contributed by atoms with Gasteiger partial charge in [0, 0.05) is 17.6 Å². The third-order valence-corrected chi connectivity index (χ3v) is 3.54. The van der Waals surface area contributed by atoms with E-state index in [0.29, 0.717) is 18.9 Å². The SMILES string of the molecule is CN(CC1OCCO1)C(=O)Nc1ccc(SC(F)(F)F)cc1. The molecule has 0 aliphatic carbocycles. The highest BCUT2D eigenvalue weighted by Crippen LogP contribution is 2.37. The Morgan fingerprint density at radius 2 is 1.91 bits per heavy atom. The van der Waals surface area contributed by atoms with Crippen molar-refractivity contribution in [1.82, 2.24) is 4.90 Å².